The number of aromatic nitrogens is 3. The molecule has 0 aliphatic heterocycles. The molecule has 28 heteroatoms. The molecule has 0 aliphatic carbocycles. The first kappa shape index (κ1) is 105. The van der Waals surface area contributed by atoms with E-state index in [9.17, 15) is 50.0 Å². The van der Waals surface area contributed by atoms with Gasteiger partial charge < -0.3 is 21.1 Å². The second-order valence-electron chi connectivity index (χ2n) is 17.9. The van der Waals surface area contributed by atoms with Crippen molar-refractivity contribution in [1.82, 2.24) is 15.0 Å². The molecular weight excluding hydrogens is 1510 g/mol. The van der Waals surface area contributed by atoms with Gasteiger partial charge in [-0.1, -0.05) is 75.7 Å². The quantitative estimate of drug-likeness (QED) is 0.00620. The number of rotatable bonds is 18. The Kier molecular flexibility index (Phi) is 63.7. The third-order valence-corrected chi connectivity index (χ3v) is 27.9. The van der Waals surface area contributed by atoms with Gasteiger partial charge in [-0.15, -0.1) is 4.33 Å². The Bertz CT molecular complexity index is 3290. The monoisotopic (exact) mass is 1600 g/mol. The van der Waals surface area contributed by atoms with Gasteiger partial charge in [0.25, 0.3) is 5.69 Å². The number of aliphatic hydroxyl groups excluding tert-OH is 3. The molecule has 0 spiro atoms. The largest absolute Gasteiger partial charge is 1.00 e. The van der Waals surface area contributed by atoms with E-state index in [1.165, 1.54) is 99.6 Å². The summed E-state index contributed by atoms with van der Waals surface area (Å²) < 4.78 is 115. The molecule has 3 aromatic heterocycles. The number of carbonyl (C=O) groups is 1. The molecule has 522 valence electrons. The molecule has 0 aliphatic rings. The number of carbonyl (C=O) groups excluding carboxylic acids is 1. The zero-order valence-electron chi connectivity index (χ0n) is 47.7. The van der Waals surface area contributed by atoms with Gasteiger partial charge in [0.1, 0.15) is 52.6 Å². The number of aliphatic hydroxyl groups is 3. The zero-order chi connectivity index (χ0) is 63.6. The Balaban J connectivity index is -0.000000152. The molecular formula is C66H92Br2F9N5NaO9SSn+. The van der Waals surface area contributed by atoms with E-state index in [1.807, 2.05) is 0 Å². The number of aldehydes is 1. The van der Waals surface area contributed by atoms with E-state index in [2.05, 4.69) is 94.2 Å². The molecule has 0 saturated carbocycles. The molecule has 0 radical (unpaired) electrons. The van der Waals surface area contributed by atoms with E-state index in [4.69, 9.17) is 26.3 Å². The van der Waals surface area contributed by atoms with Gasteiger partial charge in [-0.3, -0.25) is 34.6 Å². The van der Waals surface area contributed by atoms with Crippen LogP contribution in [-0.4, -0.2) is 84.4 Å². The van der Waals surface area contributed by atoms with E-state index in [0.29, 0.717) is 38.7 Å². The van der Waals surface area contributed by atoms with E-state index < -0.39 is 81.5 Å². The number of nitrogens with two attached hydrogens (primary N) is 1. The van der Waals surface area contributed by atoms with Gasteiger partial charge in [0.15, 0.2) is 6.29 Å². The number of benzene rings is 5. The van der Waals surface area contributed by atoms with Crippen LogP contribution in [-0.2, 0) is 9.37 Å². The smallest absolute Gasteiger partial charge is 0.399 e. The van der Waals surface area contributed by atoms with Gasteiger partial charge in [0.05, 0.1) is 61.2 Å². The number of nitro groups is 1. The van der Waals surface area contributed by atoms with Gasteiger partial charge in [0.2, 0.25) is 0 Å². The first-order chi connectivity index (χ1) is 40.6. The summed E-state index contributed by atoms with van der Waals surface area (Å²) in [4.78, 5) is 32.1. The first-order valence-electron chi connectivity index (χ1n) is 25.8. The topological polar surface area (TPSA) is 224 Å². The average molecular weight is 1600 g/mol. The second-order valence-corrected chi connectivity index (χ2v) is 33.4. The molecule has 0 saturated heterocycles. The standard InChI is InChI=1S/C11H7F2N.C10H5F2NO.C9H4BrF2N.C6H4BrF2N.C6H5NO5S.3C4H9.C3H8O3.C2H3.7CH4.FH.Na.Sn/c1-2-7-9(12)6-10-8(11(7)13)4-3-5-14-10;11-8-4-9-6(2-1-3-13-9)10(12)7(8)5-14;10-8-6(11)4-7-5(9(8)12)2-1-3-13-7;7-6-4(8)1-3(10)2-5(6)9;8-7(9)5-2-1-3-6(4-5)13-12-11-10;3*1-3-4-2;4-1-3(6)2-5;1-2;;;;;;;;;;/h2-6H,1H2;1-5H;1-4H;1-2H,10H2;1-4,10H;3*1,3-4H2,2H3;3-6H,1-2H2;1H,2H2;7*1H4;1H;;/q;;;;;;;;;;;;;;;;;;+1;. The van der Waals surface area contributed by atoms with Crippen LogP contribution < -0.4 is 35.3 Å². The summed E-state index contributed by atoms with van der Waals surface area (Å²) in [6.45, 7) is 13.8. The van der Waals surface area contributed by atoms with Gasteiger partial charge in [0, 0.05) is 81.2 Å². The van der Waals surface area contributed by atoms with Crippen molar-refractivity contribution >= 4 is 119 Å². The molecule has 8 rings (SSSR count). The maximum atomic E-state index is 13.6. The fraction of sp³-hybridized carbons (Fsp3) is 0.333. The molecule has 14 nitrogen and oxygen atoms in total. The van der Waals surface area contributed by atoms with E-state index in [0.717, 1.165) is 24.3 Å². The van der Waals surface area contributed by atoms with Crippen LogP contribution in [0.4, 0.5) is 51.2 Å². The number of halogens is 11. The Morgan fingerprint density at radius 3 is 1.36 bits per heavy atom. The summed E-state index contributed by atoms with van der Waals surface area (Å²) in [6, 6.07) is 20.6. The van der Waals surface area contributed by atoms with E-state index in [1.54, 1.807) is 43.6 Å². The molecule has 0 amide bonds. The summed E-state index contributed by atoms with van der Waals surface area (Å²) >= 11 is 4.35. The molecule has 5 aromatic carbocycles. The number of nitrogen functional groups attached to an aromatic ring is 1. The summed E-state index contributed by atoms with van der Waals surface area (Å²) in [7, 11) is 0. The first-order valence-corrected chi connectivity index (χ1v) is 35.8. The minimum atomic E-state index is -1.85. The second kappa shape index (κ2) is 57.0. The number of anilines is 1. The van der Waals surface area contributed by atoms with Crippen molar-refractivity contribution in [1.29, 1.82) is 0 Å². The Labute approximate surface area is 595 Å². The summed E-state index contributed by atoms with van der Waals surface area (Å²) in [6.07, 6.45) is 13.3. The predicted octanol–water partition coefficient (Wildman–Crippen LogP) is 18.6. The maximum absolute atomic E-state index is 13.6. The van der Waals surface area contributed by atoms with Crippen LogP contribution in [0, 0.1) is 56.7 Å². The minimum absolute atomic E-state index is 0. The van der Waals surface area contributed by atoms with Crippen molar-refractivity contribution < 1.29 is 109 Å². The van der Waals surface area contributed by atoms with Gasteiger partial charge in [-0.2, -0.15) is 0 Å². The molecule has 0 unspecified atom stereocenters. The number of pyridine rings is 3. The zero-order valence-corrected chi connectivity index (χ0v) is 56.5. The number of hydrogen-bond acceptors (Lipinski definition) is 14. The van der Waals surface area contributed by atoms with Crippen molar-refractivity contribution in [3.63, 3.8) is 0 Å². The summed E-state index contributed by atoms with van der Waals surface area (Å²) in [5.74, 6) is -5.60. The minimum Gasteiger partial charge on any atom is -0.399 e. The van der Waals surface area contributed by atoms with E-state index in [-0.39, 0.29) is 143 Å². The molecule has 3 heterocycles. The van der Waals surface area contributed by atoms with Crippen LogP contribution in [0.15, 0.2) is 141 Å². The van der Waals surface area contributed by atoms with Crippen molar-refractivity contribution in [2.24, 2.45) is 0 Å². The molecule has 0 bridgehead atoms. The summed E-state index contributed by atoms with van der Waals surface area (Å²) in [5, 5.41) is 46.3. The van der Waals surface area contributed by atoms with Crippen LogP contribution >= 0.6 is 43.9 Å². The Morgan fingerprint density at radius 2 is 1.01 bits per heavy atom. The molecule has 0 fully saturated rings. The van der Waals surface area contributed by atoms with Gasteiger partial charge >= 0.3 is 131 Å². The SMILES string of the molecule is C.C.C.C.C.C.C.C=Cc1c(F)cc2ncccc2c1F.C=[CH][Sn]([CH2]CCC)([CH2]CCC)[CH2]CCC.F.Fc1cc2ncccc2c(F)c1Br.Nc1cc(F)c(Br)c(F)c1.O=Cc1c(F)cc2ncccc2c1F.O=[N+]([O-])c1cccc(SOOO)c1.OCC(O)CO.[Na+]. The van der Waals surface area contributed by atoms with Gasteiger partial charge in [-0.05, 0) is 86.5 Å². The van der Waals surface area contributed by atoms with Crippen molar-refractivity contribution in [2.45, 2.75) is 136 Å². The Hall–Kier alpha value is -5.08. The van der Waals surface area contributed by atoms with Gasteiger partial charge in [-0.25, -0.2) is 40.4 Å². The average Bonchev–Trinajstić information content (AvgIpc) is 0.821. The number of nitro benzene ring substituents is 1. The Morgan fingerprint density at radius 1 is 0.628 bits per heavy atom. The summed E-state index contributed by atoms with van der Waals surface area (Å²) in [5.41, 5.74) is 5.34. The van der Waals surface area contributed by atoms with Crippen molar-refractivity contribution in [3.8, 4) is 0 Å². The third-order valence-electron chi connectivity index (χ3n) is 11.9. The van der Waals surface area contributed by atoms with Crippen LogP contribution in [0.5, 0.6) is 0 Å². The third kappa shape index (κ3) is 34.7. The number of hydrogen-bond donors (Lipinski definition) is 5. The van der Waals surface area contributed by atoms with Crippen LogP contribution in [0.2, 0.25) is 13.3 Å². The maximum Gasteiger partial charge on any atom is 1.00 e. The number of unbranched alkanes of at least 4 members (excludes halogenated alkanes) is 3. The van der Waals surface area contributed by atoms with Crippen LogP contribution in [0.3, 0.4) is 0 Å². The molecule has 0 atom stereocenters. The fourth-order valence-corrected chi connectivity index (χ4v) is 21.3. The number of nitrogens with zero attached hydrogens (tertiary/aromatic N) is 4. The fourth-order valence-electron chi connectivity index (χ4n) is 7.36. The number of fused-ring (bicyclic) bond motifs is 3. The van der Waals surface area contributed by atoms with E-state index >= 15 is 0 Å². The van der Waals surface area contributed by atoms with Crippen molar-refractivity contribution in [2.75, 3.05) is 18.9 Å². The van der Waals surface area contributed by atoms with Crippen LogP contribution in [0.25, 0.3) is 38.8 Å². The molecule has 8 aromatic rings. The predicted molar refractivity (Wildman–Crippen MR) is 375 cm³/mol. The number of non-ortho nitro benzene ring substituents is 1. The molecule has 94 heavy (non-hydrogen) atoms. The van der Waals surface area contributed by atoms with Crippen LogP contribution in [0.1, 0.15) is 127 Å². The molecule has 6 N–H and O–H groups in total. The van der Waals surface area contributed by atoms with Crippen molar-refractivity contribution in [3.05, 3.63) is 204 Å². The normalized spacial score (nSPS) is 9.51.